The van der Waals surface area contributed by atoms with Crippen LogP contribution in [0.25, 0.3) is 0 Å². The van der Waals surface area contributed by atoms with E-state index in [4.69, 9.17) is 16.3 Å². The minimum absolute atomic E-state index is 0.0168. The monoisotopic (exact) mass is 288 g/mol. The van der Waals surface area contributed by atoms with Crippen molar-refractivity contribution in [2.75, 3.05) is 12.4 Å². The van der Waals surface area contributed by atoms with Gasteiger partial charge >= 0.3 is 0 Å². The van der Waals surface area contributed by atoms with E-state index in [1.165, 1.54) is 13.1 Å². The van der Waals surface area contributed by atoms with E-state index in [0.717, 1.165) is 12.1 Å². The van der Waals surface area contributed by atoms with Crippen molar-refractivity contribution in [3.63, 3.8) is 0 Å². The predicted octanol–water partition coefficient (Wildman–Crippen LogP) is 3.99. The summed E-state index contributed by atoms with van der Waals surface area (Å²) in [6.45, 7) is 0. The summed E-state index contributed by atoms with van der Waals surface area (Å²) in [5, 5.41) is 2.40. The van der Waals surface area contributed by atoms with Gasteiger partial charge in [-0.05, 0) is 18.2 Å². The maximum atomic E-state index is 13.5. The van der Waals surface area contributed by atoms with Crippen LogP contribution in [0.3, 0.4) is 0 Å². The van der Waals surface area contributed by atoms with Gasteiger partial charge in [-0.2, -0.15) is 4.98 Å². The molecular formula is C12H8ClF3N2O. The zero-order valence-electron chi connectivity index (χ0n) is 9.68. The molecule has 1 aromatic carbocycles. The van der Waals surface area contributed by atoms with Crippen LogP contribution in [-0.4, -0.2) is 12.0 Å². The largest absolute Gasteiger partial charge is 0.435 e. The zero-order chi connectivity index (χ0) is 14.0. The molecule has 7 heteroatoms. The van der Waals surface area contributed by atoms with E-state index in [1.807, 2.05) is 0 Å². The molecule has 1 heterocycles. The van der Waals surface area contributed by atoms with Crippen molar-refractivity contribution in [1.82, 2.24) is 4.98 Å². The average molecular weight is 289 g/mol. The SMILES string of the molecule is CNc1nc(Oc2ccc(F)cc2Cl)c(F)cc1F. The second kappa shape index (κ2) is 5.36. The molecule has 0 amide bonds. The molecule has 2 aromatic rings. The Morgan fingerprint density at radius 1 is 1.16 bits per heavy atom. The van der Waals surface area contributed by atoms with Crippen molar-refractivity contribution in [1.29, 1.82) is 0 Å². The lowest BCUT2D eigenvalue weighted by atomic mass is 10.3. The molecule has 0 aliphatic heterocycles. The third kappa shape index (κ3) is 2.90. The lowest BCUT2D eigenvalue weighted by Gasteiger charge is -2.09. The van der Waals surface area contributed by atoms with Gasteiger partial charge in [0.05, 0.1) is 5.02 Å². The number of rotatable bonds is 3. The summed E-state index contributed by atoms with van der Waals surface area (Å²) >= 11 is 5.73. The maximum absolute atomic E-state index is 13.5. The first-order valence-corrected chi connectivity index (χ1v) is 5.55. The molecule has 3 nitrogen and oxygen atoms in total. The summed E-state index contributed by atoms with van der Waals surface area (Å²) in [6, 6.07) is 3.96. The first-order chi connectivity index (χ1) is 9.01. The molecule has 1 aromatic heterocycles. The van der Waals surface area contributed by atoms with Crippen molar-refractivity contribution in [2.24, 2.45) is 0 Å². The Kier molecular flexibility index (Phi) is 3.80. The molecule has 0 saturated heterocycles. The lowest BCUT2D eigenvalue weighted by Crippen LogP contribution is -2.01. The topological polar surface area (TPSA) is 34.2 Å². The van der Waals surface area contributed by atoms with Crippen LogP contribution in [0.5, 0.6) is 11.6 Å². The molecule has 0 bridgehead atoms. The summed E-state index contributed by atoms with van der Waals surface area (Å²) < 4.78 is 44.6. The van der Waals surface area contributed by atoms with E-state index in [1.54, 1.807) is 0 Å². The number of hydrogen-bond acceptors (Lipinski definition) is 3. The molecular weight excluding hydrogens is 281 g/mol. The highest BCUT2D eigenvalue weighted by Gasteiger charge is 2.14. The van der Waals surface area contributed by atoms with Crippen LogP contribution in [0.4, 0.5) is 19.0 Å². The first-order valence-electron chi connectivity index (χ1n) is 5.18. The Morgan fingerprint density at radius 2 is 1.89 bits per heavy atom. The Balaban J connectivity index is 2.37. The third-order valence-electron chi connectivity index (χ3n) is 2.23. The highest BCUT2D eigenvalue weighted by molar-refractivity contribution is 6.32. The molecule has 2 rings (SSSR count). The minimum Gasteiger partial charge on any atom is -0.435 e. The second-order valence-corrected chi connectivity index (χ2v) is 3.94. The van der Waals surface area contributed by atoms with E-state index < -0.39 is 23.3 Å². The Morgan fingerprint density at radius 3 is 2.53 bits per heavy atom. The lowest BCUT2D eigenvalue weighted by molar-refractivity contribution is 0.417. The standard InChI is InChI=1S/C12H8ClF3N2O/c1-17-11-8(15)5-9(16)12(18-11)19-10-3-2-6(14)4-7(10)13/h2-5H,1H3,(H,17,18). The smallest absolute Gasteiger partial charge is 0.258 e. The molecule has 0 fully saturated rings. The molecule has 1 N–H and O–H groups in total. The highest BCUT2D eigenvalue weighted by Crippen LogP contribution is 2.31. The van der Waals surface area contributed by atoms with E-state index in [-0.39, 0.29) is 16.6 Å². The van der Waals surface area contributed by atoms with Gasteiger partial charge in [-0.1, -0.05) is 11.6 Å². The number of nitrogens with zero attached hydrogens (tertiary/aromatic N) is 1. The van der Waals surface area contributed by atoms with Gasteiger partial charge in [0.15, 0.2) is 17.5 Å². The number of anilines is 1. The Bertz CT molecular complexity index is 622. The third-order valence-corrected chi connectivity index (χ3v) is 2.53. The summed E-state index contributed by atoms with van der Waals surface area (Å²) in [5.74, 6) is -3.01. The van der Waals surface area contributed by atoms with Gasteiger partial charge < -0.3 is 10.1 Å². The maximum Gasteiger partial charge on any atom is 0.258 e. The van der Waals surface area contributed by atoms with Gasteiger partial charge in [0.1, 0.15) is 11.6 Å². The average Bonchev–Trinajstić information content (AvgIpc) is 2.35. The molecule has 0 aliphatic rings. The van der Waals surface area contributed by atoms with E-state index >= 15 is 0 Å². The summed E-state index contributed by atoms with van der Waals surface area (Å²) in [5.41, 5.74) is 0. The van der Waals surface area contributed by atoms with Crippen LogP contribution >= 0.6 is 11.6 Å². The fourth-order valence-corrected chi connectivity index (χ4v) is 1.56. The number of halogens is 4. The number of ether oxygens (including phenoxy) is 1. The van der Waals surface area contributed by atoms with E-state index in [9.17, 15) is 13.2 Å². The minimum atomic E-state index is -0.989. The van der Waals surface area contributed by atoms with Gasteiger partial charge in [-0.25, -0.2) is 13.2 Å². The van der Waals surface area contributed by atoms with Gasteiger partial charge in [-0.15, -0.1) is 0 Å². The van der Waals surface area contributed by atoms with Crippen LogP contribution in [0.15, 0.2) is 24.3 Å². The summed E-state index contributed by atoms with van der Waals surface area (Å²) in [6.07, 6.45) is 0. The number of benzene rings is 1. The molecule has 0 radical (unpaired) electrons. The van der Waals surface area contributed by atoms with Crippen molar-refractivity contribution in [2.45, 2.75) is 0 Å². The number of hydrogen-bond donors (Lipinski definition) is 1. The molecule has 19 heavy (non-hydrogen) atoms. The Labute approximate surface area is 112 Å². The molecule has 100 valence electrons. The van der Waals surface area contributed by atoms with Gasteiger partial charge in [0, 0.05) is 13.1 Å². The fraction of sp³-hybridized carbons (Fsp3) is 0.0833. The molecule has 0 spiro atoms. The van der Waals surface area contributed by atoms with E-state index in [0.29, 0.717) is 6.07 Å². The van der Waals surface area contributed by atoms with Crippen molar-refractivity contribution < 1.29 is 17.9 Å². The van der Waals surface area contributed by atoms with Crippen LogP contribution in [0.2, 0.25) is 5.02 Å². The highest BCUT2D eigenvalue weighted by atomic mass is 35.5. The molecule has 0 unspecified atom stereocenters. The first kappa shape index (κ1) is 13.5. The summed E-state index contributed by atoms with van der Waals surface area (Å²) in [4.78, 5) is 3.61. The van der Waals surface area contributed by atoms with Crippen LogP contribution in [-0.2, 0) is 0 Å². The predicted molar refractivity (Wildman–Crippen MR) is 65.2 cm³/mol. The van der Waals surface area contributed by atoms with Gasteiger partial charge in [-0.3, -0.25) is 0 Å². The van der Waals surface area contributed by atoms with Crippen LogP contribution in [0, 0.1) is 17.5 Å². The molecule has 0 saturated carbocycles. The van der Waals surface area contributed by atoms with Crippen LogP contribution in [0.1, 0.15) is 0 Å². The zero-order valence-corrected chi connectivity index (χ0v) is 10.4. The quantitative estimate of drug-likeness (QED) is 0.927. The fourth-order valence-electron chi connectivity index (χ4n) is 1.36. The van der Waals surface area contributed by atoms with Crippen LogP contribution < -0.4 is 10.1 Å². The van der Waals surface area contributed by atoms with Gasteiger partial charge in [0.25, 0.3) is 5.88 Å². The van der Waals surface area contributed by atoms with Crippen molar-refractivity contribution >= 4 is 17.4 Å². The van der Waals surface area contributed by atoms with E-state index in [2.05, 4.69) is 10.3 Å². The molecule has 0 aliphatic carbocycles. The number of nitrogens with one attached hydrogen (secondary N) is 1. The van der Waals surface area contributed by atoms with Gasteiger partial charge in [0.2, 0.25) is 0 Å². The van der Waals surface area contributed by atoms with Crippen molar-refractivity contribution in [3.05, 3.63) is 46.7 Å². The number of aromatic nitrogens is 1. The molecule has 0 atom stereocenters. The summed E-state index contributed by atoms with van der Waals surface area (Å²) in [7, 11) is 1.43. The Hall–Kier alpha value is -1.95. The second-order valence-electron chi connectivity index (χ2n) is 3.53. The van der Waals surface area contributed by atoms with Crippen molar-refractivity contribution in [3.8, 4) is 11.6 Å². The normalized spacial score (nSPS) is 10.4. The number of pyridine rings is 1.